The molecule has 32 heavy (non-hydrogen) atoms. The number of hydrogen-bond acceptors (Lipinski definition) is 5. The van der Waals surface area contributed by atoms with Crippen LogP contribution in [-0.2, 0) is 14.4 Å². The molecule has 1 saturated heterocycles. The van der Waals surface area contributed by atoms with E-state index in [0.29, 0.717) is 11.4 Å². The molecule has 10 heteroatoms. The van der Waals surface area contributed by atoms with Crippen LogP contribution in [0.2, 0.25) is 0 Å². The second kappa shape index (κ2) is 8.83. The largest absolute Gasteiger partial charge is 0.326 e. The van der Waals surface area contributed by atoms with Crippen molar-refractivity contribution in [2.75, 3.05) is 22.1 Å². The van der Waals surface area contributed by atoms with Gasteiger partial charge in [0.15, 0.2) is 5.13 Å². The summed E-state index contributed by atoms with van der Waals surface area (Å²) in [6, 6.07) is 10.1. The Balaban J connectivity index is 1.44. The van der Waals surface area contributed by atoms with E-state index < -0.39 is 23.5 Å². The fourth-order valence-electron chi connectivity index (χ4n) is 3.45. The van der Waals surface area contributed by atoms with Crippen LogP contribution in [0.15, 0.2) is 47.8 Å². The van der Waals surface area contributed by atoms with E-state index in [-0.39, 0.29) is 41.2 Å². The number of thiazole rings is 1. The highest BCUT2D eigenvalue weighted by Crippen LogP contribution is 2.31. The maximum Gasteiger partial charge on any atom is 0.231 e. The van der Waals surface area contributed by atoms with Crippen LogP contribution in [0.1, 0.15) is 13.3 Å². The zero-order valence-electron chi connectivity index (χ0n) is 16.9. The van der Waals surface area contributed by atoms with E-state index in [1.165, 1.54) is 42.2 Å². The van der Waals surface area contributed by atoms with Crippen molar-refractivity contribution >= 4 is 45.6 Å². The molecule has 0 spiro atoms. The number of hydrogen-bond donors (Lipinski definition) is 2. The molecule has 0 bridgehead atoms. The Morgan fingerprint density at radius 1 is 1.12 bits per heavy atom. The molecule has 0 saturated carbocycles. The first-order valence-electron chi connectivity index (χ1n) is 9.70. The molecule has 0 aliphatic carbocycles. The van der Waals surface area contributed by atoms with Gasteiger partial charge in [0, 0.05) is 36.5 Å². The number of benzene rings is 2. The van der Waals surface area contributed by atoms with Gasteiger partial charge in [0.1, 0.15) is 11.6 Å². The number of para-hydroxylation sites is 1. The zero-order valence-corrected chi connectivity index (χ0v) is 17.7. The van der Waals surface area contributed by atoms with Gasteiger partial charge in [-0.3, -0.25) is 14.4 Å². The predicted molar refractivity (Wildman–Crippen MR) is 117 cm³/mol. The lowest BCUT2D eigenvalue weighted by molar-refractivity contribution is -0.122. The third-order valence-electron chi connectivity index (χ3n) is 4.94. The Bertz CT molecular complexity index is 1210. The summed E-state index contributed by atoms with van der Waals surface area (Å²) in [6.45, 7) is 1.39. The van der Waals surface area contributed by atoms with E-state index in [1.807, 2.05) is 0 Å². The van der Waals surface area contributed by atoms with Gasteiger partial charge in [0.25, 0.3) is 0 Å². The zero-order chi connectivity index (χ0) is 22.8. The molecule has 2 N–H and O–H groups in total. The van der Waals surface area contributed by atoms with Crippen LogP contribution < -0.4 is 15.5 Å². The van der Waals surface area contributed by atoms with Crippen LogP contribution in [0.3, 0.4) is 0 Å². The standard InChI is InChI=1S/C22H18F2N4O3S/c1-12(29)25-14-6-7-15(17(24)9-14)18-11-32-22(26-18)27-21(31)13-8-20(30)28(10-13)19-5-3-2-4-16(19)23/h2-7,9,11,13H,8,10H2,1H3,(H,25,29)(H,26,27,31). The number of amides is 3. The average molecular weight is 456 g/mol. The molecule has 1 unspecified atom stereocenters. The normalized spacial score (nSPS) is 15.7. The molecule has 2 aromatic carbocycles. The van der Waals surface area contributed by atoms with Crippen molar-refractivity contribution < 1.29 is 23.2 Å². The number of anilines is 3. The number of carbonyl (C=O) groups excluding carboxylic acids is 3. The molecule has 3 amide bonds. The van der Waals surface area contributed by atoms with Gasteiger partial charge in [-0.2, -0.15) is 0 Å². The Morgan fingerprint density at radius 3 is 2.62 bits per heavy atom. The number of aromatic nitrogens is 1. The fraction of sp³-hybridized carbons (Fsp3) is 0.182. The first-order chi connectivity index (χ1) is 15.3. The molecule has 1 aliphatic heterocycles. The Labute approximate surface area is 186 Å². The van der Waals surface area contributed by atoms with E-state index >= 15 is 0 Å². The lowest BCUT2D eigenvalue weighted by atomic mass is 10.1. The third kappa shape index (κ3) is 4.50. The summed E-state index contributed by atoms with van der Waals surface area (Å²) in [7, 11) is 0. The Hall–Kier alpha value is -3.66. The van der Waals surface area contributed by atoms with Crippen LogP contribution in [-0.4, -0.2) is 29.3 Å². The summed E-state index contributed by atoms with van der Waals surface area (Å²) in [5.41, 5.74) is 1.01. The maximum atomic E-state index is 14.4. The van der Waals surface area contributed by atoms with Crippen molar-refractivity contribution in [1.29, 1.82) is 0 Å². The Kier molecular flexibility index (Phi) is 5.95. The predicted octanol–water partition coefficient (Wildman–Crippen LogP) is 4.04. The van der Waals surface area contributed by atoms with Gasteiger partial charge in [0.2, 0.25) is 17.7 Å². The molecule has 2 heterocycles. The van der Waals surface area contributed by atoms with Crippen molar-refractivity contribution in [2.24, 2.45) is 5.92 Å². The quantitative estimate of drug-likeness (QED) is 0.606. The van der Waals surface area contributed by atoms with Crippen molar-refractivity contribution in [2.45, 2.75) is 13.3 Å². The van der Waals surface area contributed by atoms with Gasteiger partial charge in [-0.25, -0.2) is 13.8 Å². The minimum absolute atomic E-state index is 0.0440. The second-order valence-corrected chi connectivity index (χ2v) is 8.12. The van der Waals surface area contributed by atoms with Crippen LogP contribution >= 0.6 is 11.3 Å². The lowest BCUT2D eigenvalue weighted by Crippen LogP contribution is -2.28. The van der Waals surface area contributed by atoms with Crippen LogP contribution in [0.5, 0.6) is 0 Å². The molecule has 1 fully saturated rings. The van der Waals surface area contributed by atoms with Crippen molar-refractivity contribution in [3.8, 4) is 11.3 Å². The first-order valence-corrected chi connectivity index (χ1v) is 10.6. The molecule has 0 radical (unpaired) electrons. The molecule has 164 valence electrons. The molecule has 1 aromatic heterocycles. The van der Waals surface area contributed by atoms with Crippen molar-refractivity contribution in [3.63, 3.8) is 0 Å². The summed E-state index contributed by atoms with van der Waals surface area (Å²) >= 11 is 1.12. The van der Waals surface area contributed by atoms with Gasteiger partial charge < -0.3 is 15.5 Å². The maximum absolute atomic E-state index is 14.4. The minimum atomic E-state index is -0.664. The summed E-state index contributed by atoms with van der Waals surface area (Å²) in [5, 5.41) is 7.01. The smallest absolute Gasteiger partial charge is 0.231 e. The van der Waals surface area contributed by atoms with Gasteiger partial charge in [-0.05, 0) is 30.3 Å². The summed E-state index contributed by atoms with van der Waals surface area (Å²) in [5.74, 6) is -2.83. The monoisotopic (exact) mass is 456 g/mol. The van der Waals surface area contributed by atoms with E-state index in [2.05, 4.69) is 15.6 Å². The van der Waals surface area contributed by atoms with E-state index in [1.54, 1.807) is 17.5 Å². The summed E-state index contributed by atoms with van der Waals surface area (Å²) in [4.78, 5) is 41.6. The van der Waals surface area contributed by atoms with E-state index in [9.17, 15) is 23.2 Å². The first kappa shape index (κ1) is 21.6. The molecule has 3 aromatic rings. The molecule has 4 rings (SSSR count). The van der Waals surface area contributed by atoms with Crippen molar-refractivity contribution in [1.82, 2.24) is 4.98 Å². The highest BCUT2D eigenvalue weighted by molar-refractivity contribution is 7.14. The van der Waals surface area contributed by atoms with Crippen LogP contribution in [0.4, 0.5) is 25.3 Å². The van der Waals surface area contributed by atoms with Crippen molar-refractivity contribution in [3.05, 3.63) is 59.5 Å². The highest BCUT2D eigenvalue weighted by atomic mass is 32.1. The van der Waals surface area contributed by atoms with Crippen LogP contribution in [0.25, 0.3) is 11.3 Å². The third-order valence-corrected chi connectivity index (χ3v) is 5.70. The molecule has 7 nitrogen and oxygen atoms in total. The minimum Gasteiger partial charge on any atom is -0.326 e. The number of carbonyl (C=O) groups is 3. The fourth-order valence-corrected chi connectivity index (χ4v) is 4.17. The SMILES string of the molecule is CC(=O)Nc1ccc(-c2csc(NC(=O)C3CC(=O)N(c4ccccc4F)C3)n2)c(F)c1. The summed E-state index contributed by atoms with van der Waals surface area (Å²) < 4.78 is 28.5. The average Bonchev–Trinajstić information content (AvgIpc) is 3.35. The number of rotatable bonds is 5. The van der Waals surface area contributed by atoms with E-state index in [4.69, 9.17) is 0 Å². The van der Waals surface area contributed by atoms with Crippen LogP contribution in [0, 0.1) is 17.6 Å². The van der Waals surface area contributed by atoms with E-state index in [0.717, 1.165) is 11.3 Å². The molecule has 1 atom stereocenters. The van der Waals surface area contributed by atoms with Gasteiger partial charge in [0.05, 0.1) is 17.3 Å². The Morgan fingerprint density at radius 2 is 1.91 bits per heavy atom. The number of nitrogens with zero attached hydrogens (tertiary/aromatic N) is 2. The number of nitrogens with one attached hydrogen (secondary N) is 2. The van der Waals surface area contributed by atoms with Gasteiger partial charge in [-0.1, -0.05) is 12.1 Å². The summed E-state index contributed by atoms with van der Waals surface area (Å²) in [6.07, 6.45) is -0.0440. The lowest BCUT2D eigenvalue weighted by Gasteiger charge is -2.17. The van der Waals surface area contributed by atoms with Gasteiger partial charge in [-0.15, -0.1) is 11.3 Å². The molecular formula is C22H18F2N4O3S. The number of halogens is 2. The molecular weight excluding hydrogens is 438 g/mol. The second-order valence-electron chi connectivity index (χ2n) is 7.26. The molecule has 1 aliphatic rings. The van der Waals surface area contributed by atoms with Gasteiger partial charge >= 0.3 is 0 Å². The highest BCUT2D eigenvalue weighted by Gasteiger charge is 2.36. The topological polar surface area (TPSA) is 91.4 Å².